The van der Waals surface area contributed by atoms with Crippen LogP contribution in [0.15, 0.2) is 5.16 Å². The normalized spacial score (nSPS) is 17.0. The molecule has 0 spiro atoms. The van der Waals surface area contributed by atoms with E-state index in [4.69, 9.17) is 9.90 Å². The van der Waals surface area contributed by atoms with Crippen molar-refractivity contribution in [2.45, 2.75) is 0 Å². The van der Waals surface area contributed by atoms with E-state index in [1.807, 2.05) is 0 Å². The number of primary amides is 2. The van der Waals surface area contributed by atoms with Gasteiger partial charge in [-0.2, -0.15) is 0 Å². The monoisotopic (exact) mass is 239 g/mol. The van der Waals surface area contributed by atoms with E-state index in [1.165, 1.54) is 0 Å². The van der Waals surface area contributed by atoms with Crippen LogP contribution in [0.5, 0.6) is 0 Å². The van der Waals surface area contributed by atoms with Gasteiger partial charge < -0.3 is 16.6 Å². The van der Waals surface area contributed by atoms with Gasteiger partial charge in [0.05, 0.1) is 0 Å². The molecule has 1 heterocycles. The minimum Gasteiger partial charge on any atom is -0.465 e. The highest BCUT2D eigenvalue weighted by atomic mass is 32.2. The lowest BCUT2D eigenvalue weighted by Crippen LogP contribution is -2.10. The summed E-state index contributed by atoms with van der Waals surface area (Å²) in [6, 6.07) is 0. The number of amides is 2. The van der Waals surface area contributed by atoms with Crippen molar-refractivity contribution in [1.82, 2.24) is 0 Å². The molecule has 0 aromatic rings. The van der Waals surface area contributed by atoms with Crippen molar-refractivity contribution >= 4 is 40.8 Å². The van der Waals surface area contributed by atoms with Gasteiger partial charge >= 0.3 is 12.2 Å². The fourth-order valence-electron chi connectivity index (χ4n) is 0.429. The van der Waals surface area contributed by atoms with Gasteiger partial charge in [0.15, 0.2) is 0 Å². The van der Waals surface area contributed by atoms with E-state index in [-0.39, 0.29) is 0 Å². The molecule has 14 heavy (non-hydrogen) atoms. The first-order chi connectivity index (χ1) is 6.52. The second-order valence-corrected chi connectivity index (χ2v) is 4.24. The van der Waals surface area contributed by atoms with E-state index in [9.17, 15) is 4.79 Å². The van der Waals surface area contributed by atoms with Crippen molar-refractivity contribution in [3.63, 3.8) is 0 Å². The van der Waals surface area contributed by atoms with Gasteiger partial charge in [-0.15, -0.1) is 11.8 Å². The quantitative estimate of drug-likeness (QED) is 0.450. The minimum absolute atomic E-state index is 0.817. The fourth-order valence-corrected chi connectivity index (χ4v) is 2.54. The zero-order valence-corrected chi connectivity index (χ0v) is 8.64. The highest BCUT2D eigenvalue weighted by molar-refractivity contribution is 8.29. The van der Waals surface area contributed by atoms with Gasteiger partial charge in [0.2, 0.25) is 0 Å². The number of carbonyl (C=O) groups is 2. The molecule has 1 aliphatic heterocycles. The molecule has 1 saturated heterocycles. The Balaban J connectivity index is 0.000000364. The molecule has 1 fully saturated rings. The Morgan fingerprint density at radius 1 is 1.50 bits per heavy atom. The number of nitrogens with zero attached hydrogens (tertiary/aromatic N) is 1. The summed E-state index contributed by atoms with van der Waals surface area (Å²) < 4.78 is 0. The van der Waals surface area contributed by atoms with Crippen LogP contribution in [0.3, 0.4) is 0 Å². The third-order valence-corrected chi connectivity index (χ3v) is 3.12. The lowest BCUT2D eigenvalue weighted by Gasteiger charge is -1.90. The second-order valence-electron chi connectivity index (χ2n) is 1.84. The first-order valence-corrected chi connectivity index (χ1v) is 5.38. The van der Waals surface area contributed by atoms with E-state index in [2.05, 4.69) is 21.5 Å². The lowest BCUT2D eigenvalue weighted by molar-refractivity contribution is 0.162. The summed E-state index contributed by atoms with van der Waals surface area (Å²) in [5.41, 5.74) is 8.71. The topological polar surface area (TPSA) is 128 Å². The molecule has 7 nitrogen and oxygen atoms in total. The van der Waals surface area contributed by atoms with Crippen molar-refractivity contribution in [2.75, 3.05) is 10.8 Å². The van der Waals surface area contributed by atoms with Crippen molar-refractivity contribution in [2.24, 2.45) is 16.6 Å². The summed E-state index contributed by atoms with van der Waals surface area (Å²) in [5, 5.41) is 12.5. The van der Waals surface area contributed by atoms with Crippen molar-refractivity contribution in [3.05, 3.63) is 0 Å². The zero-order chi connectivity index (χ0) is 11.0. The highest BCUT2D eigenvalue weighted by Crippen LogP contribution is 2.24. The number of thioether (sulfide) groups is 2. The third kappa shape index (κ3) is 9.00. The van der Waals surface area contributed by atoms with E-state index in [0.29, 0.717) is 0 Å². The van der Waals surface area contributed by atoms with Gasteiger partial charge in [0, 0.05) is 10.8 Å². The van der Waals surface area contributed by atoms with Crippen LogP contribution >= 0.6 is 23.5 Å². The molecule has 0 atom stereocenters. The summed E-state index contributed by atoms with van der Waals surface area (Å²) in [4.78, 5) is 23.0. The number of rotatable bonds is 1. The molecule has 0 unspecified atom stereocenters. The number of carbonyl (C=O) groups excluding carboxylic acids is 1. The molecule has 0 aromatic heterocycles. The summed E-state index contributed by atoms with van der Waals surface area (Å²) in [6.07, 6.45) is -2.19. The van der Waals surface area contributed by atoms with E-state index < -0.39 is 12.2 Å². The zero-order valence-electron chi connectivity index (χ0n) is 7.00. The summed E-state index contributed by atoms with van der Waals surface area (Å²) in [7, 11) is 0. The van der Waals surface area contributed by atoms with Gasteiger partial charge in [-0.05, 0) is 0 Å². The maximum absolute atomic E-state index is 10.0. The van der Waals surface area contributed by atoms with Crippen molar-refractivity contribution in [3.8, 4) is 0 Å². The van der Waals surface area contributed by atoms with Gasteiger partial charge in [0.25, 0.3) is 0 Å². The second kappa shape index (κ2) is 7.33. The molecule has 0 bridgehead atoms. The van der Waals surface area contributed by atoms with E-state index in [1.54, 1.807) is 23.5 Å². The third-order valence-electron chi connectivity index (χ3n) is 0.772. The smallest absolute Gasteiger partial charge is 0.430 e. The Kier molecular flexibility index (Phi) is 6.76. The van der Waals surface area contributed by atoms with Gasteiger partial charge in [-0.3, -0.25) is 4.84 Å². The largest absolute Gasteiger partial charge is 0.465 e. The van der Waals surface area contributed by atoms with Gasteiger partial charge in [-0.25, -0.2) is 9.59 Å². The number of hydrogen-bond donors (Lipinski definition) is 3. The average Bonchev–Trinajstić information content (AvgIpc) is 2.51. The number of oxime groups is 1. The average molecular weight is 239 g/mol. The Morgan fingerprint density at radius 2 is 2.07 bits per heavy atom. The summed E-state index contributed by atoms with van der Waals surface area (Å²) >= 11 is 3.30. The Morgan fingerprint density at radius 3 is 2.43 bits per heavy atom. The minimum atomic E-state index is -1.33. The standard InChI is InChI=1S/C4H6N2O2S2.CH3NO2/c5-4(7)8-6-3-1-9-2-10-3;2-1(3)4/h1-2H2,(H2,5,7);2H2,(H,3,4). The van der Waals surface area contributed by atoms with Gasteiger partial charge in [0.1, 0.15) is 5.04 Å². The van der Waals surface area contributed by atoms with Crippen LogP contribution < -0.4 is 11.5 Å². The van der Waals surface area contributed by atoms with Crippen LogP contribution in [0.2, 0.25) is 0 Å². The first kappa shape index (κ1) is 12.9. The van der Waals surface area contributed by atoms with Crippen LogP contribution in [0.4, 0.5) is 9.59 Å². The van der Waals surface area contributed by atoms with Gasteiger partial charge in [-0.1, -0.05) is 16.9 Å². The SMILES string of the molecule is NC(=O)O.NC(=O)ON=C1CSCS1. The first-order valence-electron chi connectivity index (χ1n) is 3.24. The molecular weight excluding hydrogens is 230 g/mol. The number of nitrogens with two attached hydrogens (primary N) is 2. The molecule has 80 valence electrons. The fraction of sp³-hybridized carbons (Fsp3) is 0.400. The van der Waals surface area contributed by atoms with Crippen LogP contribution in [-0.2, 0) is 4.84 Å². The molecular formula is C5H9N3O4S2. The van der Waals surface area contributed by atoms with E-state index in [0.717, 1.165) is 15.9 Å². The number of hydrogen-bond acceptors (Lipinski definition) is 6. The van der Waals surface area contributed by atoms with Crippen LogP contribution in [0.25, 0.3) is 0 Å². The van der Waals surface area contributed by atoms with Crippen LogP contribution in [0, 0.1) is 0 Å². The Hall–Kier alpha value is -1.09. The Labute approximate surface area is 88.2 Å². The Bertz CT molecular complexity index is 233. The molecule has 0 aliphatic carbocycles. The number of carboxylic acid groups (broad SMARTS) is 1. The molecule has 0 saturated carbocycles. The maximum Gasteiger partial charge on any atom is 0.430 e. The summed E-state index contributed by atoms with van der Waals surface area (Å²) in [5.74, 6) is 0.817. The van der Waals surface area contributed by atoms with Crippen LogP contribution in [-0.4, -0.2) is 33.2 Å². The molecule has 9 heteroatoms. The molecule has 5 N–H and O–H groups in total. The van der Waals surface area contributed by atoms with Crippen LogP contribution in [0.1, 0.15) is 0 Å². The molecule has 0 radical (unpaired) electrons. The summed E-state index contributed by atoms with van der Waals surface area (Å²) in [6.45, 7) is 0. The molecule has 0 aromatic carbocycles. The van der Waals surface area contributed by atoms with E-state index >= 15 is 0 Å². The molecule has 1 rings (SSSR count). The molecule has 2 amide bonds. The maximum atomic E-state index is 10.0. The predicted octanol–water partition coefficient (Wildman–Crippen LogP) is 0.456. The van der Waals surface area contributed by atoms with Crippen molar-refractivity contribution < 1.29 is 19.5 Å². The highest BCUT2D eigenvalue weighted by Gasteiger charge is 2.09. The predicted molar refractivity (Wildman–Crippen MR) is 55.2 cm³/mol. The lowest BCUT2D eigenvalue weighted by atomic mass is 10.9. The van der Waals surface area contributed by atoms with Crippen molar-refractivity contribution in [1.29, 1.82) is 0 Å². The molecule has 1 aliphatic rings.